The molecule has 0 radical (unpaired) electrons. The van der Waals surface area contributed by atoms with E-state index in [0.717, 1.165) is 17.8 Å². The van der Waals surface area contributed by atoms with E-state index in [-0.39, 0.29) is 0 Å². The van der Waals surface area contributed by atoms with E-state index in [1.54, 1.807) is 11.1 Å². The highest BCUT2D eigenvalue weighted by molar-refractivity contribution is 5.29. The third kappa shape index (κ3) is 3.09. The topological polar surface area (TPSA) is 12.0 Å². The van der Waals surface area contributed by atoms with E-state index in [1.165, 1.54) is 58.0 Å². The van der Waals surface area contributed by atoms with Crippen molar-refractivity contribution in [1.82, 2.24) is 5.32 Å². The van der Waals surface area contributed by atoms with Crippen LogP contribution in [0.3, 0.4) is 0 Å². The zero-order valence-electron chi connectivity index (χ0n) is 12.9. The van der Waals surface area contributed by atoms with Crippen LogP contribution in [0.25, 0.3) is 0 Å². The normalized spacial score (nSPS) is 26.6. The molecule has 2 unspecified atom stereocenters. The maximum Gasteiger partial charge on any atom is -0.00147 e. The van der Waals surface area contributed by atoms with Crippen molar-refractivity contribution in [3.8, 4) is 0 Å². The summed E-state index contributed by atoms with van der Waals surface area (Å²) in [7, 11) is 0. The molecule has 20 heavy (non-hydrogen) atoms. The molecule has 0 amide bonds. The van der Waals surface area contributed by atoms with Crippen LogP contribution >= 0.6 is 0 Å². The van der Waals surface area contributed by atoms with Gasteiger partial charge in [0.1, 0.15) is 0 Å². The van der Waals surface area contributed by atoms with Gasteiger partial charge in [0.15, 0.2) is 0 Å². The first-order valence-electron chi connectivity index (χ1n) is 8.69. The molecule has 1 aromatic carbocycles. The van der Waals surface area contributed by atoms with Crippen molar-refractivity contribution >= 4 is 0 Å². The second-order valence-electron chi connectivity index (χ2n) is 6.80. The van der Waals surface area contributed by atoms with Gasteiger partial charge in [0.25, 0.3) is 0 Å². The van der Waals surface area contributed by atoms with Crippen LogP contribution in [0.4, 0.5) is 0 Å². The molecule has 1 aromatic rings. The third-order valence-electron chi connectivity index (χ3n) is 5.43. The van der Waals surface area contributed by atoms with Crippen molar-refractivity contribution in [1.29, 1.82) is 0 Å². The monoisotopic (exact) mass is 271 g/mol. The van der Waals surface area contributed by atoms with Crippen molar-refractivity contribution in [3.05, 3.63) is 35.4 Å². The number of nitrogens with one attached hydrogen (secondary N) is 1. The summed E-state index contributed by atoms with van der Waals surface area (Å²) in [5.74, 6) is 2.53. The highest BCUT2D eigenvalue weighted by Gasteiger charge is 2.28. The minimum atomic E-state index is 0.801. The summed E-state index contributed by atoms with van der Waals surface area (Å²) < 4.78 is 0. The minimum absolute atomic E-state index is 0.801. The zero-order valence-corrected chi connectivity index (χ0v) is 12.9. The molecule has 110 valence electrons. The summed E-state index contributed by atoms with van der Waals surface area (Å²) in [6.07, 6.45) is 9.70. The fourth-order valence-corrected chi connectivity index (χ4v) is 3.94. The SMILES string of the molecule is CCCNCC1CCCC1c1ccc(C2CCC2)cc1. The average Bonchev–Trinajstić information content (AvgIpc) is 2.86. The summed E-state index contributed by atoms with van der Waals surface area (Å²) in [6.45, 7) is 4.63. The molecule has 1 heteroatoms. The quantitative estimate of drug-likeness (QED) is 0.730. The Morgan fingerprint density at radius 3 is 2.30 bits per heavy atom. The van der Waals surface area contributed by atoms with Gasteiger partial charge in [0, 0.05) is 0 Å². The van der Waals surface area contributed by atoms with Crippen molar-refractivity contribution < 1.29 is 0 Å². The molecule has 0 aromatic heterocycles. The van der Waals surface area contributed by atoms with Gasteiger partial charge in [-0.15, -0.1) is 0 Å². The van der Waals surface area contributed by atoms with E-state index in [9.17, 15) is 0 Å². The molecule has 0 aliphatic heterocycles. The van der Waals surface area contributed by atoms with Crippen LogP contribution in [0.2, 0.25) is 0 Å². The van der Waals surface area contributed by atoms with E-state index in [4.69, 9.17) is 0 Å². The molecule has 1 nitrogen and oxygen atoms in total. The van der Waals surface area contributed by atoms with Gasteiger partial charge in [-0.1, -0.05) is 44.0 Å². The predicted molar refractivity (Wildman–Crippen MR) is 86.3 cm³/mol. The molecule has 2 aliphatic rings. The van der Waals surface area contributed by atoms with Gasteiger partial charge in [-0.25, -0.2) is 0 Å². The Balaban J connectivity index is 1.61. The molecule has 2 saturated carbocycles. The molecule has 2 aliphatic carbocycles. The second-order valence-corrected chi connectivity index (χ2v) is 6.80. The summed E-state index contributed by atoms with van der Waals surface area (Å²) in [5.41, 5.74) is 3.17. The van der Waals surface area contributed by atoms with Crippen molar-refractivity contribution in [2.24, 2.45) is 5.92 Å². The lowest BCUT2D eigenvalue weighted by Gasteiger charge is -2.26. The Labute approximate surface area is 124 Å². The lowest BCUT2D eigenvalue weighted by atomic mass is 9.79. The molecular weight excluding hydrogens is 242 g/mol. The molecule has 1 N–H and O–H groups in total. The molecule has 0 saturated heterocycles. The number of rotatable bonds is 6. The fourth-order valence-electron chi connectivity index (χ4n) is 3.94. The molecule has 2 fully saturated rings. The maximum atomic E-state index is 3.62. The number of hydrogen-bond donors (Lipinski definition) is 1. The predicted octanol–water partition coefficient (Wildman–Crippen LogP) is 4.84. The summed E-state index contributed by atoms with van der Waals surface area (Å²) in [5, 5.41) is 3.62. The minimum Gasteiger partial charge on any atom is -0.316 e. The maximum absolute atomic E-state index is 3.62. The first-order chi connectivity index (χ1) is 9.88. The van der Waals surface area contributed by atoms with Crippen LogP contribution in [0.15, 0.2) is 24.3 Å². The van der Waals surface area contributed by atoms with Crippen LogP contribution in [0.5, 0.6) is 0 Å². The fraction of sp³-hybridized carbons (Fsp3) is 0.684. The summed E-state index contributed by atoms with van der Waals surface area (Å²) in [6, 6.07) is 9.68. The molecule has 0 bridgehead atoms. The van der Waals surface area contributed by atoms with Gasteiger partial charge in [-0.05, 0) is 74.1 Å². The molecular formula is C19H29N. The third-order valence-corrected chi connectivity index (χ3v) is 5.43. The van der Waals surface area contributed by atoms with Gasteiger partial charge in [0.05, 0.1) is 0 Å². The van der Waals surface area contributed by atoms with Crippen LogP contribution in [0, 0.1) is 5.92 Å². The molecule has 2 atom stereocenters. The first-order valence-corrected chi connectivity index (χ1v) is 8.69. The molecule has 0 spiro atoms. The van der Waals surface area contributed by atoms with Gasteiger partial charge in [-0.2, -0.15) is 0 Å². The van der Waals surface area contributed by atoms with Gasteiger partial charge in [0.2, 0.25) is 0 Å². The zero-order chi connectivity index (χ0) is 13.8. The van der Waals surface area contributed by atoms with Crippen molar-refractivity contribution in [3.63, 3.8) is 0 Å². The Morgan fingerprint density at radius 1 is 0.950 bits per heavy atom. The Bertz CT molecular complexity index is 404. The van der Waals surface area contributed by atoms with E-state index in [1.807, 2.05) is 0 Å². The van der Waals surface area contributed by atoms with Crippen LogP contribution in [-0.4, -0.2) is 13.1 Å². The highest BCUT2D eigenvalue weighted by Crippen LogP contribution is 2.41. The molecule has 3 rings (SSSR count). The van der Waals surface area contributed by atoms with Crippen LogP contribution in [0.1, 0.15) is 74.8 Å². The van der Waals surface area contributed by atoms with Gasteiger partial charge >= 0.3 is 0 Å². The van der Waals surface area contributed by atoms with Crippen molar-refractivity contribution in [2.45, 2.75) is 63.7 Å². The standard InChI is InChI=1S/C19H29N/c1-2-13-20-14-18-7-4-8-19(18)17-11-9-16(10-12-17)15-5-3-6-15/h9-12,15,18-20H,2-8,13-14H2,1H3. The van der Waals surface area contributed by atoms with E-state index in [0.29, 0.717) is 0 Å². The summed E-state index contributed by atoms with van der Waals surface area (Å²) >= 11 is 0. The Morgan fingerprint density at radius 2 is 1.65 bits per heavy atom. The average molecular weight is 271 g/mol. The van der Waals surface area contributed by atoms with Crippen LogP contribution in [-0.2, 0) is 0 Å². The van der Waals surface area contributed by atoms with Gasteiger partial charge < -0.3 is 5.32 Å². The van der Waals surface area contributed by atoms with Gasteiger partial charge in [-0.3, -0.25) is 0 Å². The highest BCUT2D eigenvalue weighted by atomic mass is 14.9. The van der Waals surface area contributed by atoms with Crippen LogP contribution < -0.4 is 5.32 Å². The Hall–Kier alpha value is -0.820. The largest absolute Gasteiger partial charge is 0.316 e. The number of hydrogen-bond acceptors (Lipinski definition) is 1. The first kappa shape index (κ1) is 14.1. The smallest absolute Gasteiger partial charge is 0.00147 e. The summed E-state index contributed by atoms with van der Waals surface area (Å²) in [4.78, 5) is 0. The second kappa shape index (κ2) is 6.76. The number of benzene rings is 1. The van der Waals surface area contributed by atoms with E-state index < -0.39 is 0 Å². The van der Waals surface area contributed by atoms with E-state index in [2.05, 4.69) is 36.5 Å². The van der Waals surface area contributed by atoms with E-state index >= 15 is 0 Å². The molecule has 0 heterocycles. The van der Waals surface area contributed by atoms with Crippen molar-refractivity contribution in [2.75, 3.05) is 13.1 Å². The Kier molecular flexibility index (Phi) is 4.77. The lowest BCUT2D eigenvalue weighted by Crippen LogP contribution is -2.25. The lowest BCUT2D eigenvalue weighted by molar-refractivity contribution is 0.419.